The van der Waals surface area contributed by atoms with Gasteiger partial charge in [0.1, 0.15) is 5.56 Å². The van der Waals surface area contributed by atoms with Gasteiger partial charge in [-0.1, -0.05) is 0 Å². The van der Waals surface area contributed by atoms with Crippen LogP contribution >= 0.6 is 11.3 Å². The molecule has 0 saturated carbocycles. The van der Waals surface area contributed by atoms with Gasteiger partial charge < -0.3 is 5.32 Å². The normalized spacial score (nSPS) is 12.5. The fraction of sp³-hybridized carbons (Fsp3) is 0.412. The Balaban J connectivity index is 1.93. The van der Waals surface area contributed by atoms with Crippen LogP contribution in [0.4, 0.5) is 0 Å². The van der Waals surface area contributed by atoms with Crippen LogP contribution in [0.5, 0.6) is 0 Å². The lowest BCUT2D eigenvalue weighted by Gasteiger charge is -2.15. The minimum absolute atomic E-state index is 0.0454. The van der Waals surface area contributed by atoms with Crippen LogP contribution < -0.4 is 10.9 Å². The SMILES string of the molecule is CCn1nc(C)c([C@H](C)NC(=O)c2cnc3scc(C)n3c2=O)c1C. The summed E-state index contributed by atoms with van der Waals surface area (Å²) in [5, 5.41) is 9.24. The number of carbonyl (C=O) groups is 1. The largest absolute Gasteiger partial charge is 0.345 e. The number of fused-ring (bicyclic) bond motifs is 1. The molecule has 1 amide bonds. The van der Waals surface area contributed by atoms with Crippen LogP contribution in [-0.2, 0) is 6.54 Å². The molecule has 0 fully saturated rings. The van der Waals surface area contributed by atoms with Crippen molar-refractivity contribution in [2.24, 2.45) is 0 Å². The van der Waals surface area contributed by atoms with E-state index in [2.05, 4.69) is 15.4 Å². The summed E-state index contributed by atoms with van der Waals surface area (Å²) in [5.74, 6) is -0.423. The van der Waals surface area contributed by atoms with Gasteiger partial charge in [0.05, 0.1) is 11.7 Å². The van der Waals surface area contributed by atoms with Crippen molar-refractivity contribution in [3.8, 4) is 0 Å². The molecule has 3 rings (SSSR count). The molecule has 3 aromatic heterocycles. The Bertz CT molecular complexity index is 1010. The van der Waals surface area contributed by atoms with Gasteiger partial charge in [0, 0.05) is 35.1 Å². The Hall–Kier alpha value is -2.48. The van der Waals surface area contributed by atoms with E-state index in [0.29, 0.717) is 4.96 Å². The Morgan fingerprint density at radius 3 is 2.72 bits per heavy atom. The van der Waals surface area contributed by atoms with Crippen LogP contribution in [0.1, 0.15) is 52.9 Å². The van der Waals surface area contributed by atoms with Gasteiger partial charge in [-0.3, -0.25) is 18.7 Å². The van der Waals surface area contributed by atoms with Crippen molar-refractivity contribution in [2.45, 2.75) is 47.2 Å². The second kappa shape index (κ2) is 6.44. The summed E-state index contributed by atoms with van der Waals surface area (Å²) in [4.78, 5) is 30.1. The quantitative estimate of drug-likeness (QED) is 0.775. The Kier molecular flexibility index (Phi) is 4.47. The van der Waals surface area contributed by atoms with Gasteiger partial charge in [-0.05, 0) is 34.6 Å². The highest BCUT2D eigenvalue weighted by Gasteiger charge is 2.21. The lowest BCUT2D eigenvalue weighted by atomic mass is 10.1. The predicted octanol–water partition coefficient (Wildman–Crippen LogP) is 2.39. The second-order valence-electron chi connectivity index (χ2n) is 6.07. The highest BCUT2D eigenvalue weighted by molar-refractivity contribution is 7.15. The molecule has 0 radical (unpaired) electrons. The van der Waals surface area contributed by atoms with Crippen LogP contribution in [0.2, 0.25) is 0 Å². The van der Waals surface area contributed by atoms with Gasteiger partial charge in [-0.25, -0.2) is 4.98 Å². The molecule has 0 bridgehead atoms. The first-order valence-corrected chi connectivity index (χ1v) is 9.03. The van der Waals surface area contributed by atoms with Crippen molar-refractivity contribution >= 4 is 22.2 Å². The molecule has 0 aliphatic rings. The maximum Gasteiger partial charge on any atom is 0.271 e. The van der Waals surface area contributed by atoms with Crippen LogP contribution in [0.25, 0.3) is 4.96 Å². The summed E-state index contributed by atoms with van der Waals surface area (Å²) < 4.78 is 3.38. The fourth-order valence-corrected chi connectivity index (χ4v) is 4.00. The van der Waals surface area contributed by atoms with Crippen LogP contribution in [0.3, 0.4) is 0 Å². The molecular formula is C17H21N5O2S. The zero-order chi connectivity index (χ0) is 18.3. The molecule has 8 heteroatoms. The molecule has 0 spiro atoms. The number of rotatable bonds is 4. The van der Waals surface area contributed by atoms with Gasteiger partial charge in [0.15, 0.2) is 4.96 Å². The van der Waals surface area contributed by atoms with E-state index >= 15 is 0 Å². The van der Waals surface area contributed by atoms with Gasteiger partial charge in [-0.2, -0.15) is 5.10 Å². The maximum absolute atomic E-state index is 12.6. The average molecular weight is 359 g/mol. The van der Waals surface area contributed by atoms with E-state index in [-0.39, 0.29) is 17.2 Å². The highest BCUT2D eigenvalue weighted by atomic mass is 32.1. The molecule has 0 saturated heterocycles. The van der Waals surface area contributed by atoms with E-state index in [1.54, 1.807) is 0 Å². The summed E-state index contributed by atoms with van der Waals surface area (Å²) >= 11 is 1.38. The maximum atomic E-state index is 12.6. The summed E-state index contributed by atoms with van der Waals surface area (Å²) in [6.45, 7) is 10.4. The third kappa shape index (κ3) is 2.86. The Morgan fingerprint density at radius 1 is 1.36 bits per heavy atom. The number of aryl methyl sites for hydroxylation is 3. The number of amides is 1. The number of nitrogens with one attached hydrogen (secondary N) is 1. The Morgan fingerprint density at radius 2 is 2.08 bits per heavy atom. The highest BCUT2D eigenvalue weighted by Crippen LogP contribution is 2.21. The molecular weight excluding hydrogens is 338 g/mol. The first-order chi connectivity index (χ1) is 11.8. The van der Waals surface area contributed by atoms with E-state index < -0.39 is 5.91 Å². The van der Waals surface area contributed by atoms with Crippen molar-refractivity contribution in [3.05, 3.63) is 50.1 Å². The molecule has 0 aromatic carbocycles. The summed E-state index contributed by atoms with van der Waals surface area (Å²) in [6, 6.07) is -0.253. The first-order valence-electron chi connectivity index (χ1n) is 8.15. The van der Waals surface area contributed by atoms with Crippen molar-refractivity contribution in [3.63, 3.8) is 0 Å². The average Bonchev–Trinajstić information content (AvgIpc) is 3.07. The molecule has 1 atom stereocenters. The van der Waals surface area contributed by atoms with E-state index in [4.69, 9.17) is 0 Å². The standard InChI is InChI=1S/C17H21N5O2S/c1-6-21-12(5)14(11(4)20-21)10(3)19-15(23)13-7-18-17-22(16(13)24)9(2)8-25-17/h7-8,10H,6H2,1-5H3,(H,19,23)/t10-/m0/s1. The minimum atomic E-state index is -0.423. The molecule has 0 unspecified atom stereocenters. The van der Waals surface area contributed by atoms with E-state index in [9.17, 15) is 9.59 Å². The fourth-order valence-electron chi connectivity index (χ4n) is 3.17. The summed E-state index contributed by atoms with van der Waals surface area (Å²) in [7, 11) is 0. The predicted molar refractivity (Wildman–Crippen MR) is 97.3 cm³/mol. The summed E-state index contributed by atoms with van der Waals surface area (Å²) in [6.07, 6.45) is 1.35. The lowest BCUT2D eigenvalue weighted by Crippen LogP contribution is -2.33. The molecule has 3 heterocycles. The third-order valence-corrected chi connectivity index (χ3v) is 5.34. The van der Waals surface area contributed by atoms with E-state index in [1.165, 1.54) is 21.9 Å². The molecule has 1 N–H and O–H groups in total. The lowest BCUT2D eigenvalue weighted by molar-refractivity contribution is 0.0937. The van der Waals surface area contributed by atoms with Crippen molar-refractivity contribution in [2.75, 3.05) is 0 Å². The van der Waals surface area contributed by atoms with Gasteiger partial charge in [-0.15, -0.1) is 11.3 Å². The van der Waals surface area contributed by atoms with Gasteiger partial charge in [0.2, 0.25) is 0 Å². The van der Waals surface area contributed by atoms with Crippen molar-refractivity contribution in [1.82, 2.24) is 24.5 Å². The van der Waals surface area contributed by atoms with E-state index in [1.807, 2.05) is 44.7 Å². The third-order valence-electron chi connectivity index (χ3n) is 4.38. The number of thiazole rings is 1. The summed E-state index contributed by atoms with van der Waals surface area (Å²) in [5.41, 5.74) is 3.36. The molecule has 3 aromatic rings. The molecule has 0 aliphatic carbocycles. The van der Waals surface area contributed by atoms with Gasteiger partial charge >= 0.3 is 0 Å². The van der Waals surface area contributed by atoms with Crippen molar-refractivity contribution < 1.29 is 4.79 Å². The monoisotopic (exact) mass is 359 g/mol. The number of aromatic nitrogens is 4. The first kappa shape index (κ1) is 17.3. The van der Waals surface area contributed by atoms with Crippen LogP contribution in [0, 0.1) is 20.8 Å². The number of nitrogens with zero attached hydrogens (tertiary/aromatic N) is 4. The van der Waals surface area contributed by atoms with Crippen molar-refractivity contribution in [1.29, 1.82) is 0 Å². The molecule has 0 aliphatic heterocycles. The van der Waals surface area contributed by atoms with Gasteiger partial charge in [0.25, 0.3) is 11.5 Å². The topological polar surface area (TPSA) is 81.3 Å². The second-order valence-corrected chi connectivity index (χ2v) is 6.90. The number of carbonyl (C=O) groups excluding carboxylic acids is 1. The molecule has 25 heavy (non-hydrogen) atoms. The zero-order valence-corrected chi connectivity index (χ0v) is 15.8. The van der Waals surface area contributed by atoms with E-state index in [0.717, 1.165) is 29.2 Å². The minimum Gasteiger partial charge on any atom is -0.345 e. The molecule has 132 valence electrons. The van der Waals surface area contributed by atoms with Crippen LogP contribution in [-0.4, -0.2) is 25.1 Å². The Labute approximate surface area is 149 Å². The van der Waals surface area contributed by atoms with Crippen LogP contribution in [0.15, 0.2) is 16.4 Å². The molecule has 7 nitrogen and oxygen atoms in total. The number of hydrogen-bond acceptors (Lipinski definition) is 5. The zero-order valence-electron chi connectivity index (χ0n) is 15.0. The smallest absolute Gasteiger partial charge is 0.271 e. The number of hydrogen-bond donors (Lipinski definition) is 1.